The van der Waals surface area contributed by atoms with Crippen molar-refractivity contribution in [3.8, 4) is 0 Å². The Balaban J connectivity index is 2.28. The average molecular weight is 444 g/mol. The van der Waals surface area contributed by atoms with Crippen molar-refractivity contribution in [1.82, 2.24) is 5.32 Å². The van der Waals surface area contributed by atoms with Crippen molar-refractivity contribution in [3.05, 3.63) is 28.8 Å². The summed E-state index contributed by atoms with van der Waals surface area (Å²) in [6.07, 6.45) is 0.756. The van der Waals surface area contributed by atoms with Crippen molar-refractivity contribution in [2.24, 2.45) is 0 Å². The quantitative estimate of drug-likeness (QED) is 0.492. The molecular formula is C19H29IN2O2. The molecule has 0 saturated carbocycles. The molecule has 0 spiro atoms. The Morgan fingerprint density at radius 1 is 1.42 bits per heavy atom. The van der Waals surface area contributed by atoms with Crippen LogP contribution in [0.1, 0.15) is 70.7 Å². The number of alkyl halides is 1. The smallest absolute Gasteiger partial charge is 0.408 e. The molecule has 1 aromatic rings. The molecule has 1 aliphatic heterocycles. The van der Waals surface area contributed by atoms with E-state index in [1.54, 1.807) is 0 Å². The van der Waals surface area contributed by atoms with Crippen LogP contribution in [0.15, 0.2) is 12.1 Å². The molecule has 0 bridgehead atoms. The van der Waals surface area contributed by atoms with Crippen LogP contribution in [-0.4, -0.2) is 18.2 Å². The third kappa shape index (κ3) is 4.55. The standard InChI is InChI=1S/C19H29IN2O2/c1-12(22-17(23)24-18(2,3)4)14-10-16-15(9-13(14)11-20)19(5,6)7-8-21-16/h9-10,12,21H,7-8,11H2,1-6H3,(H,22,23). The number of rotatable bonds is 3. The predicted molar refractivity (Wildman–Crippen MR) is 108 cm³/mol. The zero-order valence-corrected chi connectivity index (χ0v) is 17.7. The molecule has 1 amide bonds. The van der Waals surface area contributed by atoms with Crippen molar-refractivity contribution >= 4 is 34.4 Å². The van der Waals surface area contributed by atoms with Gasteiger partial charge in [-0.25, -0.2) is 4.79 Å². The monoisotopic (exact) mass is 444 g/mol. The van der Waals surface area contributed by atoms with Gasteiger partial charge in [0.25, 0.3) is 0 Å². The second-order valence-corrected chi connectivity index (χ2v) is 8.92. The average Bonchev–Trinajstić information content (AvgIpc) is 2.43. The summed E-state index contributed by atoms with van der Waals surface area (Å²) in [5.41, 5.74) is 4.67. The van der Waals surface area contributed by atoms with Gasteiger partial charge in [-0.2, -0.15) is 0 Å². The van der Waals surface area contributed by atoms with Crippen LogP contribution in [0.3, 0.4) is 0 Å². The number of benzene rings is 1. The molecule has 1 heterocycles. The molecule has 2 N–H and O–H groups in total. The van der Waals surface area contributed by atoms with Crippen molar-refractivity contribution in [3.63, 3.8) is 0 Å². The van der Waals surface area contributed by atoms with Gasteiger partial charge in [-0.1, -0.05) is 42.5 Å². The molecule has 0 aromatic heterocycles. The van der Waals surface area contributed by atoms with Gasteiger partial charge in [-0.15, -0.1) is 0 Å². The number of anilines is 1. The van der Waals surface area contributed by atoms with E-state index in [4.69, 9.17) is 4.74 Å². The van der Waals surface area contributed by atoms with Gasteiger partial charge in [-0.05, 0) is 62.3 Å². The summed E-state index contributed by atoms with van der Waals surface area (Å²) in [7, 11) is 0. The second-order valence-electron chi connectivity index (χ2n) is 8.16. The Hall–Kier alpha value is -0.980. The molecular weight excluding hydrogens is 415 g/mol. The lowest BCUT2D eigenvalue weighted by Gasteiger charge is -2.35. The lowest BCUT2D eigenvalue weighted by molar-refractivity contribution is 0.0508. The molecule has 1 unspecified atom stereocenters. The highest BCUT2D eigenvalue weighted by Gasteiger charge is 2.29. The number of nitrogens with one attached hydrogen (secondary N) is 2. The zero-order valence-electron chi connectivity index (χ0n) is 15.5. The minimum Gasteiger partial charge on any atom is -0.444 e. The first-order chi connectivity index (χ1) is 11.0. The first-order valence-electron chi connectivity index (χ1n) is 8.50. The van der Waals surface area contributed by atoms with Crippen LogP contribution in [0.25, 0.3) is 0 Å². The van der Waals surface area contributed by atoms with Crippen LogP contribution in [0.5, 0.6) is 0 Å². The van der Waals surface area contributed by atoms with Crippen molar-refractivity contribution in [1.29, 1.82) is 0 Å². The Morgan fingerprint density at radius 3 is 2.67 bits per heavy atom. The number of amides is 1. The van der Waals surface area contributed by atoms with Gasteiger partial charge in [0.05, 0.1) is 6.04 Å². The zero-order chi connectivity index (χ0) is 18.1. The van der Waals surface area contributed by atoms with E-state index >= 15 is 0 Å². The fraction of sp³-hybridized carbons (Fsp3) is 0.632. The molecule has 2 rings (SSSR count). The summed E-state index contributed by atoms with van der Waals surface area (Å²) in [5.74, 6) is 0. The van der Waals surface area contributed by atoms with E-state index in [9.17, 15) is 4.79 Å². The molecule has 0 radical (unpaired) electrons. The maximum Gasteiger partial charge on any atom is 0.408 e. The van der Waals surface area contributed by atoms with Crippen LogP contribution in [0.4, 0.5) is 10.5 Å². The maximum atomic E-state index is 12.1. The summed E-state index contributed by atoms with van der Waals surface area (Å²) >= 11 is 2.39. The van der Waals surface area contributed by atoms with E-state index in [1.165, 1.54) is 16.8 Å². The van der Waals surface area contributed by atoms with E-state index < -0.39 is 5.60 Å². The minimum absolute atomic E-state index is 0.0956. The number of halogens is 1. The normalized spacial score (nSPS) is 17.5. The van der Waals surface area contributed by atoms with Crippen molar-refractivity contribution < 1.29 is 9.53 Å². The van der Waals surface area contributed by atoms with Gasteiger partial charge in [0, 0.05) is 16.7 Å². The molecule has 24 heavy (non-hydrogen) atoms. The second kappa shape index (κ2) is 7.10. The molecule has 1 aromatic carbocycles. The van der Waals surface area contributed by atoms with Gasteiger partial charge in [0.2, 0.25) is 0 Å². The van der Waals surface area contributed by atoms with Crippen LogP contribution >= 0.6 is 22.6 Å². The first kappa shape index (κ1) is 19.3. The van der Waals surface area contributed by atoms with Crippen LogP contribution in [0, 0.1) is 0 Å². The molecule has 5 heteroatoms. The predicted octanol–water partition coefficient (Wildman–Crippen LogP) is 5.30. The highest BCUT2D eigenvalue weighted by molar-refractivity contribution is 14.1. The fourth-order valence-corrected chi connectivity index (χ4v) is 3.75. The van der Waals surface area contributed by atoms with Crippen molar-refractivity contribution in [2.45, 2.75) is 69.4 Å². The molecule has 4 nitrogen and oxygen atoms in total. The number of hydrogen-bond donors (Lipinski definition) is 2. The summed E-state index contributed by atoms with van der Waals surface area (Å²) in [6.45, 7) is 13.2. The Kier molecular flexibility index (Phi) is 5.72. The number of carbonyl (C=O) groups excluding carboxylic acids is 1. The van der Waals surface area contributed by atoms with Gasteiger partial charge < -0.3 is 15.4 Å². The number of fused-ring (bicyclic) bond motifs is 1. The van der Waals surface area contributed by atoms with E-state index in [0.717, 1.165) is 23.0 Å². The molecule has 1 atom stereocenters. The number of alkyl carbamates (subject to hydrolysis) is 1. The summed E-state index contributed by atoms with van der Waals surface area (Å²) in [4.78, 5) is 12.1. The molecule has 0 saturated heterocycles. The SMILES string of the molecule is CC(NC(=O)OC(C)(C)C)c1cc2c(cc1CI)C(C)(C)CCN2. The molecule has 134 valence electrons. The lowest BCUT2D eigenvalue weighted by atomic mass is 9.77. The molecule has 0 fully saturated rings. The lowest BCUT2D eigenvalue weighted by Crippen LogP contribution is -2.34. The van der Waals surface area contributed by atoms with Gasteiger partial charge in [0.1, 0.15) is 5.60 Å². The van der Waals surface area contributed by atoms with E-state index in [1.807, 2.05) is 27.7 Å². The van der Waals surface area contributed by atoms with Gasteiger partial charge in [-0.3, -0.25) is 0 Å². The highest BCUT2D eigenvalue weighted by Crippen LogP contribution is 2.39. The Bertz CT molecular complexity index is 621. The van der Waals surface area contributed by atoms with E-state index in [-0.39, 0.29) is 17.6 Å². The molecule has 1 aliphatic rings. The summed E-state index contributed by atoms with van der Waals surface area (Å²) in [5, 5.41) is 6.47. The maximum absolute atomic E-state index is 12.1. The topological polar surface area (TPSA) is 50.4 Å². The fourth-order valence-electron chi connectivity index (χ4n) is 3.09. The van der Waals surface area contributed by atoms with Crippen LogP contribution in [-0.2, 0) is 14.6 Å². The number of ether oxygens (including phenoxy) is 1. The summed E-state index contributed by atoms with van der Waals surface area (Å²) in [6, 6.07) is 4.41. The van der Waals surface area contributed by atoms with Crippen molar-refractivity contribution in [2.75, 3.05) is 11.9 Å². The third-order valence-electron chi connectivity index (χ3n) is 4.42. The minimum atomic E-state index is -0.489. The van der Waals surface area contributed by atoms with Gasteiger partial charge in [0.15, 0.2) is 0 Å². The Morgan fingerprint density at radius 2 is 2.08 bits per heavy atom. The van der Waals surface area contributed by atoms with E-state index in [2.05, 4.69) is 59.2 Å². The molecule has 0 aliphatic carbocycles. The number of carbonyl (C=O) groups is 1. The third-order valence-corrected chi connectivity index (χ3v) is 5.24. The van der Waals surface area contributed by atoms with Crippen LogP contribution < -0.4 is 10.6 Å². The largest absolute Gasteiger partial charge is 0.444 e. The van der Waals surface area contributed by atoms with E-state index in [0.29, 0.717) is 0 Å². The summed E-state index contributed by atoms with van der Waals surface area (Å²) < 4.78 is 6.30. The highest BCUT2D eigenvalue weighted by atomic mass is 127. The number of hydrogen-bond acceptors (Lipinski definition) is 3. The van der Waals surface area contributed by atoms with Gasteiger partial charge >= 0.3 is 6.09 Å². The Labute approximate surface area is 159 Å². The first-order valence-corrected chi connectivity index (χ1v) is 10.0. The van der Waals surface area contributed by atoms with Crippen LogP contribution in [0.2, 0.25) is 0 Å².